The molecule has 0 fully saturated rings. The van der Waals surface area contributed by atoms with Gasteiger partial charge in [0.2, 0.25) is 0 Å². The second kappa shape index (κ2) is 9.94. The molecule has 21 heavy (non-hydrogen) atoms. The summed E-state index contributed by atoms with van der Waals surface area (Å²) in [6.07, 6.45) is 0. The minimum atomic E-state index is -0.529. The van der Waals surface area contributed by atoms with Crippen molar-refractivity contribution in [3.8, 4) is 6.07 Å². The third-order valence-corrected chi connectivity index (χ3v) is 2.91. The van der Waals surface area contributed by atoms with Gasteiger partial charge in [-0.1, -0.05) is 58.4 Å². The number of hydrogen-bond donors (Lipinski definition) is 3. The first-order valence-corrected chi connectivity index (χ1v) is 6.68. The van der Waals surface area contributed by atoms with Gasteiger partial charge in [-0.25, -0.2) is 0 Å². The van der Waals surface area contributed by atoms with Crippen LogP contribution < -0.4 is 5.73 Å². The van der Waals surface area contributed by atoms with E-state index in [9.17, 15) is 0 Å². The van der Waals surface area contributed by atoms with Crippen molar-refractivity contribution in [1.82, 2.24) is 0 Å². The van der Waals surface area contributed by atoms with Crippen molar-refractivity contribution in [3.63, 3.8) is 0 Å². The number of nitrogens with one attached hydrogen (secondary N) is 1. The van der Waals surface area contributed by atoms with Crippen LogP contribution in [0.2, 0.25) is 0 Å². The van der Waals surface area contributed by atoms with Crippen LogP contribution in [0.3, 0.4) is 0 Å². The van der Waals surface area contributed by atoms with Crippen molar-refractivity contribution < 1.29 is 5.11 Å². The predicted molar refractivity (Wildman–Crippen MR) is 89.7 cm³/mol. The van der Waals surface area contributed by atoms with E-state index in [1.54, 1.807) is 24.3 Å². The highest BCUT2D eigenvalue weighted by Crippen LogP contribution is 2.17. The molecule has 4 N–H and O–H groups in total. The number of nitrogen functional groups attached to an aromatic ring is 1. The Kier molecular flexibility index (Phi) is 9.06. The molecular weight excluding hydrogens is 354 g/mol. The molecule has 6 heteroatoms. The number of nitrogens with two attached hydrogens (primary N) is 1. The smallest absolute Gasteiger partial charge is 0.134 e. The molecule has 0 amide bonds. The van der Waals surface area contributed by atoms with Crippen LogP contribution in [0.1, 0.15) is 21.7 Å². The Morgan fingerprint density at radius 3 is 2.24 bits per heavy atom. The van der Waals surface area contributed by atoms with E-state index in [0.29, 0.717) is 11.1 Å². The third kappa shape index (κ3) is 6.91. The molecule has 2 rings (SSSR count). The van der Waals surface area contributed by atoms with Crippen LogP contribution in [0, 0.1) is 16.7 Å². The lowest BCUT2D eigenvalue weighted by molar-refractivity contribution is 0.277. The summed E-state index contributed by atoms with van der Waals surface area (Å²) >= 11 is 3.04. The number of nitrogens with zero attached hydrogens (tertiary/aromatic N) is 1. The Bertz CT molecular complexity index is 612. The molecule has 0 aliphatic rings. The lowest BCUT2D eigenvalue weighted by Gasteiger charge is -1.99. The van der Waals surface area contributed by atoms with Crippen LogP contribution >= 0.6 is 28.3 Å². The third-order valence-electron chi connectivity index (χ3n) is 2.38. The quantitative estimate of drug-likeness (QED) is 0.431. The van der Waals surface area contributed by atoms with Crippen molar-refractivity contribution in [2.45, 2.75) is 5.01 Å². The zero-order valence-corrected chi connectivity index (χ0v) is 13.4. The van der Waals surface area contributed by atoms with Gasteiger partial charge in [0.05, 0.1) is 11.6 Å². The Balaban J connectivity index is 0.000000370. The number of rotatable bonds is 2. The fraction of sp³-hybridized carbons (Fsp3) is 0.0667. The van der Waals surface area contributed by atoms with Gasteiger partial charge < -0.3 is 10.8 Å². The summed E-state index contributed by atoms with van der Waals surface area (Å²) in [6.45, 7) is 0. The molecule has 0 heterocycles. The first kappa shape index (κ1) is 19.1. The van der Waals surface area contributed by atoms with Crippen molar-refractivity contribution in [1.29, 1.82) is 10.7 Å². The number of aliphatic hydroxyl groups is 1. The second-order valence-electron chi connectivity index (χ2n) is 3.85. The number of benzene rings is 2. The van der Waals surface area contributed by atoms with Gasteiger partial charge in [0.1, 0.15) is 10.8 Å². The first-order chi connectivity index (χ1) is 9.54. The van der Waals surface area contributed by atoms with Gasteiger partial charge in [-0.05, 0) is 17.7 Å². The van der Waals surface area contributed by atoms with Gasteiger partial charge in [0.25, 0.3) is 0 Å². The van der Waals surface area contributed by atoms with E-state index in [1.807, 2.05) is 36.4 Å². The van der Waals surface area contributed by atoms with E-state index in [1.165, 1.54) is 0 Å². The summed E-state index contributed by atoms with van der Waals surface area (Å²) in [5, 5.41) is 24.0. The maximum absolute atomic E-state index is 8.94. The molecule has 0 spiro atoms. The summed E-state index contributed by atoms with van der Waals surface area (Å²) < 4.78 is 0. The van der Waals surface area contributed by atoms with E-state index < -0.39 is 5.01 Å². The fourth-order valence-corrected chi connectivity index (χ4v) is 1.67. The molecule has 1 unspecified atom stereocenters. The maximum atomic E-state index is 8.94. The molecule has 110 valence electrons. The van der Waals surface area contributed by atoms with E-state index in [-0.39, 0.29) is 18.2 Å². The van der Waals surface area contributed by atoms with Gasteiger partial charge in [0.15, 0.2) is 0 Å². The van der Waals surface area contributed by atoms with Gasteiger partial charge in [-0.2, -0.15) is 5.26 Å². The summed E-state index contributed by atoms with van der Waals surface area (Å²) in [5.41, 5.74) is 7.21. The molecule has 0 saturated heterocycles. The van der Waals surface area contributed by atoms with Crippen molar-refractivity contribution in [2.75, 3.05) is 0 Å². The Morgan fingerprint density at radius 2 is 1.81 bits per heavy atom. The van der Waals surface area contributed by atoms with Crippen LogP contribution in [-0.4, -0.2) is 10.9 Å². The van der Waals surface area contributed by atoms with Crippen LogP contribution in [0.25, 0.3) is 0 Å². The number of hydrogen-bond acceptors (Lipinski definition) is 3. The van der Waals surface area contributed by atoms with E-state index in [0.717, 1.165) is 5.56 Å². The molecule has 0 radical (unpaired) electrons. The molecule has 4 nitrogen and oxygen atoms in total. The summed E-state index contributed by atoms with van der Waals surface area (Å²) in [7, 11) is 0. The first-order valence-electron chi connectivity index (χ1n) is 5.76. The van der Waals surface area contributed by atoms with E-state index in [2.05, 4.69) is 15.9 Å². The van der Waals surface area contributed by atoms with Crippen LogP contribution in [-0.2, 0) is 0 Å². The Hall–Kier alpha value is -1.87. The van der Waals surface area contributed by atoms with Gasteiger partial charge in [-0.3, -0.25) is 5.41 Å². The average molecular weight is 369 g/mol. The van der Waals surface area contributed by atoms with Gasteiger partial charge >= 0.3 is 0 Å². The van der Waals surface area contributed by atoms with Crippen molar-refractivity contribution in [2.24, 2.45) is 5.73 Å². The topological polar surface area (TPSA) is 93.9 Å². The monoisotopic (exact) mass is 367 g/mol. The van der Waals surface area contributed by atoms with E-state index >= 15 is 0 Å². The van der Waals surface area contributed by atoms with Gasteiger partial charge in [0, 0.05) is 5.56 Å². The highest BCUT2D eigenvalue weighted by molar-refractivity contribution is 9.09. The Morgan fingerprint density at radius 1 is 1.19 bits per heavy atom. The Labute approximate surface area is 138 Å². The molecule has 0 aromatic heterocycles. The van der Waals surface area contributed by atoms with Crippen molar-refractivity contribution >= 4 is 34.2 Å². The highest BCUT2D eigenvalue weighted by atomic mass is 79.9. The van der Waals surface area contributed by atoms with Crippen LogP contribution in [0.5, 0.6) is 0 Å². The van der Waals surface area contributed by atoms with Crippen molar-refractivity contribution in [3.05, 3.63) is 71.3 Å². The van der Waals surface area contributed by atoms with Crippen LogP contribution in [0.15, 0.2) is 54.6 Å². The summed E-state index contributed by atoms with van der Waals surface area (Å²) in [4.78, 5) is 0. The SMILES string of the molecule is Cl.N#Cc1cccc(C(=N)N)c1.OC(Br)c1ccccc1. The number of amidine groups is 1. The zero-order valence-electron chi connectivity index (χ0n) is 11.0. The summed E-state index contributed by atoms with van der Waals surface area (Å²) in [5.74, 6) is -0.0119. The summed E-state index contributed by atoms with van der Waals surface area (Å²) in [6, 6.07) is 18.0. The second-order valence-corrected chi connectivity index (χ2v) is 4.72. The molecule has 0 bridgehead atoms. The standard InChI is InChI=1S/C8H7N3.C7H7BrO.ClH/c9-5-6-2-1-3-7(4-6)8(10)11;8-7(9)6-4-2-1-3-5-6;/h1-4H,(H3,10,11);1-5,7,9H;1H. The molecule has 0 aliphatic heterocycles. The van der Waals surface area contributed by atoms with Gasteiger partial charge in [-0.15, -0.1) is 12.4 Å². The predicted octanol–water partition coefficient (Wildman–Crippen LogP) is 3.34. The fourth-order valence-electron chi connectivity index (χ4n) is 1.37. The molecule has 1 atom stereocenters. The normalized spacial score (nSPS) is 10.1. The minimum Gasteiger partial charge on any atom is -0.384 e. The number of halogens is 2. The molecule has 0 saturated carbocycles. The molecular formula is C15H15BrClN3O. The maximum Gasteiger partial charge on any atom is 0.134 e. The number of nitriles is 1. The number of alkyl halides is 1. The lowest BCUT2D eigenvalue weighted by atomic mass is 10.1. The molecule has 0 aliphatic carbocycles. The molecule has 2 aromatic carbocycles. The minimum absolute atomic E-state index is 0. The number of aliphatic hydroxyl groups excluding tert-OH is 1. The molecule has 2 aromatic rings. The highest BCUT2D eigenvalue weighted by Gasteiger charge is 1.97. The zero-order chi connectivity index (χ0) is 15.0. The largest absolute Gasteiger partial charge is 0.384 e. The average Bonchev–Trinajstić information content (AvgIpc) is 2.49. The van der Waals surface area contributed by atoms with Crippen LogP contribution in [0.4, 0.5) is 0 Å². The lowest BCUT2D eigenvalue weighted by Crippen LogP contribution is -2.10. The van der Waals surface area contributed by atoms with E-state index in [4.69, 9.17) is 21.5 Å².